The van der Waals surface area contributed by atoms with Crippen molar-refractivity contribution in [1.82, 2.24) is 9.31 Å². The second-order valence-electron chi connectivity index (χ2n) is 8.59. The van der Waals surface area contributed by atoms with Crippen molar-refractivity contribution < 1.29 is 45.7 Å². The Morgan fingerprint density at radius 2 is 1.52 bits per heavy atom. The zero-order valence-electron chi connectivity index (χ0n) is 19.0. The fraction of sp³-hybridized carbons (Fsp3) is 0.526. The summed E-state index contributed by atoms with van der Waals surface area (Å²) in [5.41, 5.74) is -1.21. The summed E-state index contributed by atoms with van der Waals surface area (Å²) in [7, 11) is -9.18. The highest BCUT2D eigenvalue weighted by Gasteiger charge is 2.54. The van der Waals surface area contributed by atoms with E-state index in [1.54, 1.807) is 0 Å². The van der Waals surface area contributed by atoms with Gasteiger partial charge in [0.15, 0.2) is 9.84 Å². The van der Waals surface area contributed by atoms with Gasteiger partial charge >= 0.3 is 16.1 Å². The first-order chi connectivity index (χ1) is 14.9. The predicted octanol–water partition coefficient (Wildman–Crippen LogP) is -0.0469. The Morgan fingerprint density at radius 1 is 1.03 bits per heavy atom. The van der Waals surface area contributed by atoms with Crippen LogP contribution in [0.5, 0.6) is 0 Å². The van der Waals surface area contributed by atoms with Gasteiger partial charge < -0.3 is 19.5 Å². The molecule has 2 rings (SSSR count). The SMILES string of the molecule is CC(=O)N1CC[N+](C(=O)[O-])(N(C(=O)OC(C)(C)C)S(=O)(=O)c2ccccc2S(C)(=O)=O)CC1. The fourth-order valence-electron chi connectivity index (χ4n) is 3.37. The number of sulfonamides is 1. The minimum atomic E-state index is -5.10. The number of carboxylic acid groups (broad SMARTS) is 1. The molecular weight excluding hydrogens is 478 g/mol. The van der Waals surface area contributed by atoms with Gasteiger partial charge in [0.1, 0.15) is 23.6 Å². The van der Waals surface area contributed by atoms with Crippen molar-refractivity contribution in [2.45, 2.75) is 43.1 Å². The normalized spacial score (nSPS) is 16.7. The summed E-state index contributed by atoms with van der Waals surface area (Å²) in [6.07, 6.45) is -2.66. The lowest BCUT2D eigenvalue weighted by atomic mass is 10.2. The molecule has 0 radical (unpaired) electrons. The smallest absolute Gasteiger partial charge is 0.471 e. The Bertz CT molecular complexity index is 1160. The molecule has 33 heavy (non-hydrogen) atoms. The predicted molar refractivity (Wildman–Crippen MR) is 112 cm³/mol. The van der Waals surface area contributed by atoms with Gasteiger partial charge in [-0.05, 0) is 37.3 Å². The number of carbonyl (C=O) groups excluding carboxylic acids is 3. The quantitative estimate of drug-likeness (QED) is 0.514. The molecule has 0 bridgehead atoms. The van der Waals surface area contributed by atoms with Gasteiger partial charge in [-0.1, -0.05) is 12.1 Å². The van der Waals surface area contributed by atoms with E-state index in [0.29, 0.717) is 0 Å². The lowest BCUT2D eigenvalue weighted by Crippen LogP contribution is -2.75. The van der Waals surface area contributed by atoms with Gasteiger partial charge in [-0.25, -0.2) is 13.2 Å². The molecule has 14 heteroatoms. The lowest BCUT2D eigenvalue weighted by molar-refractivity contribution is -0.958. The van der Waals surface area contributed by atoms with Gasteiger partial charge in [-0.3, -0.25) is 4.79 Å². The van der Waals surface area contributed by atoms with E-state index in [0.717, 1.165) is 18.4 Å². The molecule has 0 N–H and O–H groups in total. The van der Waals surface area contributed by atoms with Crippen molar-refractivity contribution in [3.8, 4) is 0 Å². The second-order valence-corrected chi connectivity index (χ2v) is 12.3. The van der Waals surface area contributed by atoms with Crippen LogP contribution in [0, 0.1) is 0 Å². The van der Waals surface area contributed by atoms with Crippen molar-refractivity contribution in [2.75, 3.05) is 32.4 Å². The molecule has 0 saturated carbocycles. The molecule has 1 aromatic carbocycles. The number of sulfone groups is 1. The molecule has 1 saturated heterocycles. The van der Waals surface area contributed by atoms with E-state index in [1.165, 1.54) is 44.7 Å². The van der Waals surface area contributed by atoms with Gasteiger partial charge in [0.25, 0.3) is 6.09 Å². The van der Waals surface area contributed by atoms with Crippen LogP contribution in [0.2, 0.25) is 0 Å². The van der Waals surface area contributed by atoms with E-state index in [-0.39, 0.29) is 23.4 Å². The van der Waals surface area contributed by atoms with Crippen molar-refractivity contribution in [1.29, 1.82) is 0 Å². The number of benzene rings is 1. The topological polar surface area (TPSA) is 158 Å². The first kappa shape index (κ1) is 26.5. The van der Waals surface area contributed by atoms with E-state index in [9.17, 15) is 36.3 Å². The van der Waals surface area contributed by atoms with Crippen molar-refractivity contribution in [2.24, 2.45) is 0 Å². The molecule has 1 aliphatic heterocycles. The highest BCUT2D eigenvalue weighted by molar-refractivity contribution is 7.93. The Balaban J connectivity index is 2.78. The molecule has 12 nitrogen and oxygen atoms in total. The molecule has 0 spiro atoms. The number of rotatable bonds is 3. The first-order valence-corrected chi connectivity index (χ1v) is 13.2. The minimum absolute atomic E-state index is 0.00900. The van der Waals surface area contributed by atoms with Gasteiger partial charge in [0.2, 0.25) is 5.91 Å². The number of nitrogens with zero attached hydrogens (tertiary/aromatic N) is 3. The molecule has 1 fully saturated rings. The van der Waals surface area contributed by atoms with Crippen LogP contribution in [0.1, 0.15) is 27.7 Å². The number of piperazine rings is 1. The van der Waals surface area contributed by atoms with E-state index < -0.39 is 65.1 Å². The maximum absolute atomic E-state index is 13.7. The Morgan fingerprint density at radius 3 is 1.91 bits per heavy atom. The lowest BCUT2D eigenvalue weighted by Gasteiger charge is -2.47. The average molecular weight is 506 g/mol. The monoisotopic (exact) mass is 505 g/mol. The molecule has 0 aliphatic carbocycles. The van der Waals surface area contributed by atoms with E-state index in [1.807, 2.05) is 0 Å². The van der Waals surface area contributed by atoms with E-state index in [2.05, 4.69) is 0 Å². The number of carbonyl (C=O) groups is 3. The van der Waals surface area contributed by atoms with Crippen LogP contribution >= 0.6 is 0 Å². The summed E-state index contributed by atoms with van der Waals surface area (Å²) in [4.78, 5) is 37.1. The summed E-state index contributed by atoms with van der Waals surface area (Å²) in [6.45, 7) is 4.20. The van der Waals surface area contributed by atoms with Crippen molar-refractivity contribution >= 4 is 38.0 Å². The standard InChI is InChI=1S/C19H27N3O9S2/c1-14(23)20-10-12-22(13-11-20,18(25)26)21(17(24)31-19(2,3)4)33(29,30)16-9-7-6-8-15(16)32(5,27)28/h6-9H,10-13H2,1-5H3. The largest absolute Gasteiger partial charge is 0.496 e. The van der Waals surface area contributed by atoms with Gasteiger partial charge in [-0.2, -0.15) is 8.42 Å². The second kappa shape index (κ2) is 8.91. The highest BCUT2D eigenvalue weighted by atomic mass is 32.2. The highest BCUT2D eigenvalue weighted by Crippen LogP contribution is 2.31. The number of quaternary nitrogens is 1. The molecule has 184 valence electrons. The third kappa shape index (κ3) is 5.45. The minimum Gasteiger partial charge on any atom is -0.496 e. The summed E-state index contributed by atoms with van der Waals surface area (Å²) < 4.78 is 55.6. The first-order valence-electron chi connectivity index (χ1n) is 9.85. The average Bonchev–Trinajstić information content (AvgIpc) is 2.66. The van der Waals surface area contributed by atoms with E-state index in [4.69, 9.17) is 4.74 Å². The number of ether oxygens (including phenoxy) is 1. The summed E-state index contributed by atoms with van der Waals surface area (Å²) >= 11 is 0. The molecule has 3 amide bonds. The van der Waals surface area contributed by atoms with Crippen LogP contribution in [0.4, 0.5) is 9.59 Å². The summed E-state index contributed by atoms with van der Waals surface area (Å²) in [5, 5.41) is 12.3. The molecular formula is C19H27N3O9S2. The number of amides is 3. The maximum Gasteiger partial charge on any atom is 0.471 e. The Labute approximate surface area is 192 Å². The van der Waals surface area contributed by atoms with Crippen LogP contribution in [0.25, 0.3) is 0 Å². The van der Waals surface area contributed by atoms with Crippen LogP contribution in [0.3, 0.4) is 0 Å². The Kier molecular flexibility index (Phi) is 7.17. The number of hydrogen-bond acceptors (Lipinski definition) is 9. The molecule has 1 aromatic rings. The number of hydrogen-bond donors (Lipinski definition) is 0. The summed E-state index contributed by atoms with van der Waals surface area (Å²) in [5.74, 6) is -0.361. The molecule has 1 heterocycles. The van der Waals surface area contributed by atoms with Crippen molar-refractivity contribution in [3.05, 3.63) is 24.3 Å². The van der Waals surface area contributed by atoms with Gasteiger partial charge in [0.05, 0.1) is 18.0 Å². The van der Waals surface area contributed by atoms with Gasteiger partial charge in [0, 0.05) is 13.2 Å². The fourth-order valence-corrected chi connectivity index (χ4v) is 6.54. The third-order valence-electron chi connectivity index (χ3n) is 4.92. The van der Waals surface area contributed by atoms with Crippen LogP contribution in [-0.2, 0) is 29.4 Å². The molecule has 0 atom stereocenters. The molecule has 1 aliphatic rings. The molecule has 0 aromatic heterocycles. The summed E-state index contributed by atoms with van der Waals surface area (Å²) in [6, 6.07) is 4.53. The van der Waals surface area contributed by atoms with Crippen molar-refractivity contribution in [3.63, 3.8) is 0 Å². The van der Waals surface area contributed by atoms with Crippen LogP contribution < -0.4 is 5.11 Å². The maximum atomic E-state index is 13.7. The zero-order valence-corrected chi connectivity index (χ0v) is 20.6. The molecule has 0 unspecified atom stereocenters. The zero-order chi connectivity index (χ0) is 25.4. The third-order valence-corrected chi connectivity index (χ3v) is 8.03. The van der Waals surface area contributed by atoms with Crippen LogP contribution in [-0.4, -0.2) is 86.9 Å². The Hall–Kier alpha value is -2.71. The van der Waals surface area contributed by atoms with Gasteiger partial charge in [-0.15, -0.1) is 4.59 Å². The van der Waals surface area contributed by atoms with E-state index >= 15 is 0 Å². The van der Waals surface area contributed by atoms with Crippen LogP contribution in [0.15, 0.2) is 34.1 Å².